The number of nitriles is 1. The molecule has 1 N–H and O–H groups in total. The van der Waals surface area contributed by atoms with Gasteiger partial charge in [-0.2, -0.15) is 10.4 Å². The molecule has 0 aliphatic carbocycles. The Kier molecular flexibility index (Phi) is 6.18. The van der Waals surface area contributed by atoms with E-state index in [1.165, 1.54) is 0 Å². The van der Waals surface area contributed by atoms with Gasteiger partial charge in [0.15, 0.2) is 5.82 Å². The summed E-state index contributed by atoms with van der Waals surface area (Å²) in [5.41, 5.74) is 2.23. The third-order valence-corrected chi connectivity index (χ3v) is 6.79. The number of aryl methyl sites for hydroxylation is 1. The Morgan fingerprint density at radius 1 is 1.24 bits per heavy atom. The molecule has 0 unspecified atom stereocenters. The summed E-state index contributed by atoms with van der Waals surface area (Å²) in [6.07, 6.45) is 1.89. The van der Waals surface area contributed by atoms with Gasteiger partial charge in [0, 0.05) is 48.7 Å². The summed E-state index contributed by atoms with van der Waals surface area (Å²) in [6, 6.07) is 10.1. The highest BCUT2D eigenvalue weighted by Gasteiger charge is 2.30. The first-order valence-corrected chi connectivity index (χ1v) is 11.6. The van der Waals surface area contributed by atoms with E-state index >= 15 is 0 Å². The van der Waals surface area contributed by atoms with Crippen LogP contribution in [0.25, 0.3) is 10.8 Å². The third-order valence-electron chi connectivity index (χ3n) is 6.79. The average Bonchev–Trinajstić information content (AvgIpc) is 2.89. The molecule has 4 heterocycles. The minimum absolute atomic E-state index is 0.150. The van der Waals surface area contributed by atoms with Crippen molar-refractivity contribution in [2.45, 2.75) is 25.9 Å². The molecule has 2 aliphatic heterocycles. The first-order valence-electron chi connectivity index (χ1n) is 11.6. The summed E-state index contributed by atoms with van der Waals surface area (Å²) in [4.78, 5) is 9.61. The van der Waals surface area contributed by atoms with Gasteiger partial charge in [-0.25, -0.2) is 4.98 Å². The molecule has 0 radical (unpaired) electrons. The number of aromatic nitrogens is 3. The molecule has 0 spiro atoms. The van der Waals surface area contributed by atoms with Gasteiger partial charge in [-0.3, -0.25) is 4.90 Å². The first-order chi connectivity index (χ1) is 16.6. The molecule has 9 nitrogen and oxygen atoms in total. The van der Waals surface area contributed by atoms with Crippen LogP contribution in [0.15, 0.2) is 30.5 Å². The molecular weight excluding hydrogens is 430 g/mol. The first kappa shape index (κ1) is 22.3. The smallest absolute Gasteiger partial charge is 0.157 e. The fourth-order valence-corrected chi connectivity index (χ4v) is 4.89. The molecule has 2 aromatic heterocycles. The predicted octanol–water partition coefficient (Wildman–Crippen LogP) is 2.91. The number of pyridine rings is 1. The number of morpholine rings is 1. The summed E-state index contributed by atoms with van der Waals surface area (Å²) < 4.78 is 11.2. The second-order valence-corrected chi connectivity index (χ2v) is 8.84. The van der Waals surface area contributed by atoms with Gasteiger partial charge in [0.1, 0.15) is 17.6 Å². The van der Waals surface area contributed by atoms with Gasteiger partial charge in [0.25, 0.3) is 0 Å². The standard InChI is InChI=1S/C25H29N7O2/c1-16(20-6-4-5-18(12-26)24(20)33-3)28-25-21-11-23(27-13-22(21)17(2)29-30-25)32-8-7-31-9-10-34-15-19(31)14-32/h4-6,11,13,16,19H,7-10,14-15H2,1-3H3,(H,28,30)/t16-,19-/m1/s1. The Morgan fingerprint density at radius 3 is 2.94 bits per heavy atom. The van der Waals surface area contributed by atoms with Crippen LogP contribution >= 0.6 is 0 Å². The van der Waals surface area contributed by atoms with E-state index in [4.69, 9.17) is 14.5 Å². The summed E-state index contributed by atoms with van der Waals surface area (Å²) >= 11 is 0. The second kappa shape index (κ2) is 9.41. The van der Waals surface area contributed by atoms with Gasteiger partial charge >= 0.3 is 0 Å². The van der Waals surface area contributed by atoms with Gasteiger partial charge in [-0.05, 0) is 26.0 Å². The monoisotopic (exact) mass is 459 g/mol. The van der Waals surface area contributed by atoms with Gasteiger partial charge in [0.2, 0.25) is 0 Å². The van der Waals surface area contributed by atoms with Crippen LogP contribution in [-0.2, 0) is 4.74 Å². The van der Waals surface area contributed by atoms with Crippen LogP contribution < -0.4 is 15.0 Å². The van der Waals surface area contributed by atoms with E-state index in [0.717, 1.165) is 67.2 Å². The van der Waals surface area contributed by atoms with Crippen LogP contribution in [0, 0.1) is 18.3 Å². The van der Waals surface area contributed by atoms with E-state index < -0.39 is 0 Å². The van der Waals surface area contributed by atoms with Crippen LogP contribution in [0.5, 0.6) is 5.75 Å². The largest absolute Gasteiger partial charge is 0.495 e. The van der Waals surface area contributed by atoms with E-state index in [9.17, 15) is 5.26 Å². The minimum Gasteiger partial charge on any atom is -0.495 e. The number of para-hydroxylation sites is 1. The number of hydrogen-bond acceptors (Lipinski definition) is 9. The van der Waals surface area contributed by atoms with Crippen LogP contribution in [0.2, 0.25) is 0 Å². The highest BCUT2D eigenvalue weighted by atomic mass is 16.5. The fourth-order valence-electron chi connectivity index (χ4n) is 4.89. The zero-order valence-electron chi connectivity index (χ0n) is 19.8. The van der Waals surface area contributed by atoms with Gasteiger partial charge < -0.3 is 19.7 Å². The van der Waals surface area contributed by atoms with Gasteiger partial charge in [-0.15, -0.1) is 5.10 Å². The highest BCUT2D eigenvalue weighted by molar-refractivity contribution is 5.94. The third kappa shape index (κ3) is 4.11. The van der Waals surface area contributed by atoms with E-state index in [1.807, 2.05) is 32.2 Å². The molecule has 0 bridgehead atoms. The molecule has 2 fully saturated rings. The van der Waals surface area contributed by atoms with Crippen LogP contribution in [0.1, 0.15) is 29.8 Å². The summed E-state index contributed by atoms with van der Waals surface area (Å²) in [5.74, 6) is 2.19. The molecule has 9 heteroatoms. The van der Waals surface area contributed by atoms with Crippen molar-refractivity contribution < 1.29 is 9.47 Å². The number of anilines is 2. The Morgan fingerprint density at radius 2 is 2.12 bits per heavy atom. The topological polar surface area (TPSA) is 99.4 Å². The maximum atomic E-state index is 9.45. The summed E-state index contributed by atoms with van der Waals surface area (Å²) in [7, 11) is 1.59. The van der Waals surface area contributed by atoms with Crippen molar-refractivity contribution in [3.63, 3.8) is 0 Å². The van der Waals surface area contributed by atoms with Crippen LogP contribution in [-0.4, -0.2) is 72.6 Å². The van der Waals surface area contributed by atoms with Crippen molar-refractivity contribution in [2.75, 3.05) is 56.7 Å². The Bertz CT molecular complexity index is 1240. The van der Waals surface area contributed by atoms with Crippen LogP contribution in [0.4, 0.5) is 11.6 Å². The molecule has 1 aromatic carbocycles. The number of benzene rings is 1. The molecule has 34 heavy (non-hydrogen) atoms. The van der Waals surface area contributed by atoms with E-state index in [-0.39, 0.29) is 6.04 Å². The molecular formula is C25H29N7O2. The van der Waals surface area contributed by atoms with E-state index in [0.29, 0.717) is 23.2 Å². The average molecular weight is 460 g/mol. The quantitative estimate of drug-likeness (QED) is 0.617. The molecule has 3 aromatic rings. The minimum atomic E-state index is -0.150. The van der Waals surface area contributed by atoms with Crippen molar-refractivity contribution in [3.05, 3.63) is 47.3 Å². The SMILES string of the molecule is COc1c(C#N)cccc1[C@@H](C)Nc1nnc(C)c2cnc(N3CCN4CCOC[C@H]4C3)cc12. The molecule has 2 saturated heterocycles. The number of piperazine rings is 1. The number of fused-ring (bicyclic) bond motifs is 2. The number of nitrogens with zero attached hydrogens (tertiary/aromatic N) is 6. The lowest BCUT2D eigenvalue weighted by Crippen LogP contribution is -2.58. The second-order valence-electron chi connectivity index (χ2n) is 8.84. The van der Waals surface area contributed by atoms with Crippen molar-refractivity contribution in [1.29, 1.82) is 5.26 Å². The molecule has 176 valence electrons. The summed E-state index contributed by atoms with van der Waals surface area (Å²) in [5, 5.41) is 23.7. The Labute approximate surface area is 199 Å². The number of methoxy groups -OCH3 is 1. The number of nitrogens with one attached hydrogen (secondary N) is 1. The molecule has 5 rings (SSSR count). The maximum Gasteiger partial charge on any atom is 0.157 e. The Hall–Kier alpha value is -3.48. The van der Waals surface area contributed by atoms with Crippen molar-refractivity contribution in [1.82, 2.24) is 20.1 Å². The lowest BCUT2D eigenvalue weighted by molar-refractivity contribution is -0.0117. The zero-order valence-corrected chi connectivity index (χ0v) is 19.8. The lowest BCUT2D eigenvalue weighted by Gasteiger charge is -2.44. The summed E-state index contributed by atoms with van der Waals surface area (Å²) in [6.45, 7) is 9.40. The number of ether oxygens (including phenoxy) is 2. The van der Waals surface area contributed by atoms with E-state index in [1.54, 1.807) is 13.2 Å². The predicted molar refractivity (Wildman–Crippen MR) is 130 cm³/mol. The van der Waals surface area contributed by atoms with Gasteiger partial charge in [-0.1, -0.05) is 12.1 Å². The molecule has 2 aliphatic rings. The molecule has 0 amide bonds. The zero-order chi connectivity index (χ0) is 23.7. The fraction of sp³-hybridized carbons (Fsp3) is 0.440. The van der Waals surface area contributed by atoms with Crippen molar-refractivity contribution in [2.24, 2.45) is 0 Å². The van der Waals surface area contributed by atoms with Crippen LogP contribution in [0.3, 0.4) is 0 Å². The van der Waals surface area contributed by atoms with Crippen molar-refractivity contribution in [3.8, 4) is 11.8 Å². The molecule has 2 atom stereocenters. The lowest BCUT2D eigenvalue weighted by atomic mass is 10.0. The number of rotatable bonds is 5. The maximum absolute atomic E-state index is 9.45. The van der Waals surface area contributed by atoms with Gasteiger partial charge in [0.05, 0.1) is 43.7 Å². The molecule has 0 saturated carbocycles. The van der Waals surface area contributed by atoms with E-state index in [2.05, 4.69) is 37.4 Å². The van der Waals surface area contributed by atoms with Crippen molar-refractivity contribution >= 4 is 22.4 Å². The highest BCUT2D eigenvalue weighted by Crippen LogP contribution is 2.33. The number of hydrogen-bond donors (Lipinski definition) is 1. The Balaban J connectivity index is 1.46. The normalized spacial score (nSPS) is 19.4.